The summed E-state index contributed by atoms with van der Waals surface area (Å²) in [6, 6.07) is 7.09. The van der Waals surface area contributed by atoms with E-state index in [9.17, 15) is 9.59 Å². The molecule has 1 aromatic carbocycles. The molecule has 1 N–H and O–H groups in total. The largest absolute Gasteiger partial charge is 0.345 e. The number of halogens is 1. The highest BCUT2D eigenvalue weighted by atomic mass is 35.5. The SMILES string of the molecule is O=c1cnn(Cc2cccc(Cl)c2)c(=O)[nH]1. The first-order valence-electron chi connectivity index (χ1n) is 4.56. The minimum Gasteiger partial charge on any atom is -0.271 e. The van der Waals surface area contributed by atoms with Crippen LogP contribution in [0, 0.1) is 0 Å². The third kappa shape index (κ3) is 2.38. The Labute approximate surface area is 95.3 Å². The van der Waals surface area contributed by atoms with E-state index in [4.69, 9.17) is 11.6 Å². The van der Waals surface area contributed by atoms with Gasteiger partial charge in [0.25, 0.3) is 5.56 Å². The maximum atomic E-state index is 11.3. The first-order chi connectivity index (χ1) is 7.65. The van der Waals surface area contributed by atoms with Crippen molar-refractivity contribution >= 4 is 11.6 Å². The van der Waals surface area contributed by atoms with Gasteiger partial charge in [-0.25, -0.2) is 9.48 Å². The van der Waals surface area contributed by atoms with Gasteiger partial charge >= 0.3 is 5.69 Å². The minimum atomic E-state index is -0.535. The molecule has 5 nitrogen and oxygen atoms in total. The summed E-state index contributed by atoms with van der Waals surface area (Å²) in [5.41, 5.74) is -0.200. The molecule has 0 radical (unpaired) electrons. The molecule has 6 heteroatoms. The highest BCUT2D eigenvalue weighted by Crippen LogP contribution is 2.10. The summed E-state index contributed by atoms with van der Waals surface area (Å²) in [5.74, 6) is 0. The minimum absolute atomic E-state index is 0.274. The molecule has 0 unspecified atom stereocenters. The number of nitrogens with one attached hydrogen (secondary N) is 1. The van der Waals surface area contributed by atoms with Crippen LogP contribution in [0.25, 0.3) is 0 Å². The molecule has 2 rings (SSSR count). The Bertz CT molecular complexity index is 618. The number of rotatable bonds is 2. The molecule has 16 heavy (non-hydrogen) atoms. The maximum absolute atomic E-state index is 11.3. The van der Waals surface area contributed by atoms with Gasteiger partial charge in [0.05, 0.1) is 6.54 Å². The number of aromatic nitrogens is 3. The van der Waals surface area contributed by atoms with Crippen LogP contribution >= 0.6 is 11.6 Å². The normalized spacial score (nSPS) is 10.3. The highest BCUT2D eigenvalue weighted by molar-refractivity contribution is 6.30. The average Bonchev–Trinajstić information content (AvgIpc) is 2.22. The van der Waals surface area contributed by atoms with Gasteiger partial charge in [-0.2, -0.15) is 5.10 Å². The molecule has 0 saturated carbocycles. The summed E-state index contributed by atoms with van der Waals surface area (Å²) in [5, 5.41) is 4.31. The summed E-state index contributed by atoms with van der Waals surface area (Å²) < 4.78 is 1.16. The Balaban J connectivity index is 2.34. The zero-order chi connectivity index (χ0) is 11.5. The smallest absolute Gasteiger partial charge is 0.271 e. The predicted octanol–water partition coefficient (Wildman–Crippen LogP) is 0.633. The van der Waals surface area contributed by atoms with E-state index in [2.05, 4.69) is 10.1 Å². The Kier molecular flexibility index (Phi) is 2.87. The van der Waals surface area contributed by atoms with Gasteiger partial charge in [0.15, 0.2) is 0 Å². The lowest BCUT2D eigenvalue weighted by Crippen LogP contribution is -2.31. The molecule has 0 atom stereocenters. The molecule has 0 fully saturated rings. The summed E-state index contributed by atoms with van der Waals surface area (Å²) >= 11 is 5.81. The van der Waals surface area contributed by atoms with E-state index in [-0.39, 0.29) is 6.54 Å². The van der Waals surface area contributed by atoms with Crippen molar-refractivity contribution in [3.8, 4) is 0 Å². The Morgan fingerprint density at radius 1 is 1.38 bits per heavy atom. The fourth-order valence-corrected chi connectivity index (χ4v) is 1.51. The van der Waals surface area contributed by atoms with E-state index >= 15 is 0 Å². The molecule has 0 aliphatic heterocycles. The number of nitrogens with zero attached hydrogens (tertiary/aromatic N) is 2. The number of H-pyrrole nitrogens is 1. The van der Waals surface area contributed by atoms with Crippen molar-refractivity contribution in [2.45, 2.75) is 6.54 Å². The van der Waals surface area contributed by atoms with Gasteiger partial charge < -0.3 is 0 Å². The molecule has 0 aliphatic rings. The Morgan fingerprint density at radius 3 is 2.88 bits per heavy atom. The molecule has 0 amide bonds. The Hall–Kier alpha value is -1.88. The lowest BCUT2D eigenvalue weighted by atomic mass is 10.2. The van der Waals surface area contributed by atoms with Crippen LogP contribution in [-0.2, 0) is 6.54 Å². The molecule has 0 saturated heterocycles. The van der Waals surface area contributed by atoms with Crippen molar-refractivity contribution in [3.05, 3.63) is 61.9 Å². The Morgan fingerprint density at radius 2 is 2.19 bits per heavy atom. The van der Waals surface area contributed by atoms with E-state index in [0.717, 1.165) is 16.4 Å². The second-order valence-electron chi connectivity index (χ2n) is 3.23. The van der Waals surface area contributed by atoms with Crippen LogP contribution in [0.2, 0.25) is 5.02 Å². The summed E-state index contributed by atoms with van der Waals surface area (Å²) in [7, 11) is 0. The molecule has 0 spiro atoms. The van der Waals surface area contributed by atoms with Crippen LogP contribution in [0.4, 0.5) is 0 Å². The number of hydrogen-bond donors (Lipinski definition) is 1. The first kappa shape index (κ1) is 10.6. The molecule has 1 aromatic heterocycles. The lowest BCUT2D eigenvalue weighted by molar-refractivity contribution is 0.607. The quantitative estimate of drug-likeness (QED) is 0.833. The number of hydrogen-bond acceptors (Lipinski definition) is 3. The molecule has 82 valence electrons. The van der Waals surface area contributed by atoms with Crippen LogP contribution in [0.5, 0.6) is 0 Å². The molecular weight excluding hydrogens is 230 g/mol. The van der Waals surface area contributed by atoms with Crippen LogP contribution in [-0.4, -0.2) is 14.8 Å². The van der Waals surface area contributed by atoms with E-state index in [0.29, 0.717) is 5.02 Å². The van der Waals surface area contributed by atoms with Gasteiger partial charge in [-0.15, -0.1) is 0 Å². The predicted molar refractivity (Wildman–Crippen MR) is 59.7 cm³/mol. The highest BCUT2D eigenvalue weighted by Gasteiger charge is 2.00. The van der Waals surface area contributed by atoms with Gasteiger partial charge in [0.2, 0.25) is 0 Å². The molecule has 2 aromatic rings. The lowest BCUT2D eigenvalue weighted by Gasteiger charge is -2.03. The molecule has 0 bridgehead atoms. The first-order valence-corrected chi connectivity index (χ1v) is 4.94. The average molecular weight is 238 g/mol. The second-order valence-corrected chi connectivity index (χ2v) is 3.66. The van der Waals surface area contributed by atoms with Crippen LogP contribution in [0.15, 0.2) is 40.1 Å². The molecular formula is C10H8ClN3O2. The fraction of sp³-hybridized carbons (Fsp3) is 0.100. The van der Waals surface area contributed by atoms with Crippen molar-refractivity contribution in [2.24, 2.45) is 0 Å². The monoisotopic (exact) mass is 237 g/mol. The number of benzene rings is 1. The maximum Gasteiger partial charge on any atom is 0.345 e. The second kappa shape index (κ2) is 4.32. The van der Waals surface area contributed by atoms with Crippen molar-refractivity contribution in [1.29, 1.82) is 0 Å². The molecule has 1 heterocycles. The van der Waals surface area contributed by atoms with Crippen LogP contribution < -0.4 is 11.2 Å². The van der Waals surface area contributed by atoms with Gasteiger partial charge in [-0.05, 0) is 17.7 Å². The zero-order valence-corrected chi connectivity index (χ0v) is 8.94. The third-order valence-corrected chi connectivity index (χ3v) is 2.24. The van der Waals surface area contributed by atoms with Crippen LogP contribution in [0.3, 0.4) is 0 Å². The topological polar surface area (TPSA) is 67.8 Å². The van der Waals surface area contributed by atoms with E-state index in [1.165, 1.54) is 0 Å². The van der Waals surface area contributed by atoms with Gasteiger partial charge in [0.1, 0.15) is 6.20 Å². The van der Waals surface area contributed by atoms with E-state index < -0.39 is 11.2 Å². The summed E-state index contributed by atoms with van der Waals surface area (Å²) in [6.07, 6.45) is 1.06. The van der Waals surface area contributed by atoms with Crippen LogP contribution in [0.1, 0.15) is 5.56 Å². The van der Waals surface area contributed by atoms with E-state index in [1.807, 2.05) is 6.07 Å². The van der Waals surface area contributed by atoms with Gasteiger partial charge in [0, 0.05) is 5.02 Å². The summed E-state index contributed by atoms with van der Waals surface area (Å²) in [6.45, 7) is 0.274. The van der Waals surface area contributed by atoms with Crippen molar-refractivity contribution in [2.75, 3.05) is 0 Å². The van der Waals surface area contributed by atoms with Crippen molar-refractivity contribution in [3.63, 3.8) is 0 Å². The van der Waals surface area contributed by atoms with Gasteiger partial charge in [-0.3, -0.25) is 9.78 Å². The van der Waals surface area contributed by atoms with Crippen molar-refractivity contribution in [1.82, 2.24) is 14.8 Å². The standard InChI is InChI=1S/C10H8ClN3O2/c11-8-3-1-2-7(4-8)6-14-10(16)13-9(15)5-12-14/h1-5H,6H2,(H,13,15,16). The zero-order valence-electron chi connectivity index (χ0n) is 8.18. The third-order valence-electron chi connectivity index (χ3n) is 2.00. The van der Waals surface area contributed by atoms with Crippen molar-refractivity contribution < 1.29 is 0 Å². The van der Waals surface area contributed by atoms with Gasteiger partial charge in [-0.1, -0.05) is 23.7 Å². The van der Waals surface area contributed by atoms with E-state index in [1.54, 1.807) is 18.2 Å². The number of aromatic amines is 1. The summed E-state index contributed by atoms with van der Waals surface area (Å²) in [4.78, 5) is 24.3. The molecule has 0 aliphatic carbocycles. The fourth-order valence-electron chi connectivity index (χ4n) is 1.30.